The molecule has 0 saturated carbocycles. The van der Waals surface area contributed by atoms with E-state index in [9.17, 15) is 4.79 Å². The Morgan fingerprint density at radius 1 is 0.960 bits per heavy atom. The number of hydrogen-bond donors (Lipinski definition) is 1. The molecule has 0 heterocycles. The number of rotatable bonds is 14. The lowest BCUT2D eigenvalue weighted by atomic mass is 10.0. The van der Waals surface area contributed by atoms with E-state index in [-0.39, 0.29) is 5.97 Å². The molecule has 0 fully saturated rings. The van der Waals surface area contributed by atoms with Crippen molar-refractivity contribution in [1.82, 2.24) is 0 Å². The van der Waals surface area contributed by atoms with Crippen molar-refractivity contribution in [3.05, 3.63) is 23.8 Å². The summed E-state index contributed by atoms with van der Waals surface area (Å²) in [5.74, 6) is 0.301. The second-order valence-corrected chi connectivity index (χ2v) is 6.66. The summed E-state index contributed by atoms with van der Waals surface area (Å²) in [4.78, 5) is 15.8. The van der Waals surface area contributed by atoms with Crippen molar-refractivity contribution in [3.63, 3.8) is 0 Å². The van der Waals surface area contributed by atoms with Gasteiger partial charge in [-0.05, 0) is 30.5 Å². The highest BCUT2D eigenvalue weighted by atomic mass is 16.7. The number of carbonyl (C=O) groups is 1. The summed E-state index contributed by atoms with van der Waals surface area (Å²) < 4.78 is 5.28. The molecule has 1 N–H and O–H groups in total. The Kier molecular flexibility index (Phi) is 11.6. The molecule has 1 rings (SSSR count). The van der Waals surface area contributed by atoms with E-state index in [0.29, 0.717) is 11.4 Å². The molecule has 1 aromatic rings. The van der Waals surface area contributed by atoms with Crippen LogP contribution in [-0.2, 0) is 16.1 Å². The van der Waals surface area contributed by atoms with E-state index < -0.39 is 0 Å². The van der Waals surface area contributed by atoms with Crippen LogP contribution >= 0.6 is 0 Å². The summed E-state index contributed by atoms with van der Waals surface area (Å²) in [5, 5.41) is 0. The number of methoxy groups -OCH3 is 1. The van der Waals surface area contributed by atoms with Gasteiger partial charge in [-0.3, -0.25) is 4.79 Å². The van der Waals surface area contributed by atoms with E-state index >= 15 is 0 Å². The van der Waals surface area contributed by atoms with Gasteiger partial charge in [-0.2, -0.15) is 0 Å². The highest BCUT2D eigenvalue weighted by molar-refractivity contribution is 5.68. The predicted octanol–water partition coefficient (Wildman–Crippen LogP) is 6.05. The minimum Gasteiger partial charge on any atom is -0.494 e. The monoisotopic (exact) mass is 349 g/mol. The van der Waals surface area contributed by atoms with E-state index in [1.165, 1.54) is 76.7 Å². The lowest BCUT2D eigenvalue weighted by Crippen LogP contribution is -2.07. The van der Waals surface area contributed by atoms with Gasteiger partial charge in [0.25, 0.3) is 0 Å². The van der Waals surface area contributed by atoms with Gasteiger partial charge in [0.1, 0.15) is 11.4 Å². The van der Waals surface area contributed by atoms with Crippen molar-refractivity contribution in [2.24, 2.45) is 0 Å². The van der Waals surface area contributed by atoms with Crippen molar-refractivity contribution in [1.29, 1.82) is 0 Å². The second kappa shape index (κ2) is 13.6. The van der Waals surface area contributed by atoms with Gasteiger partial charge in [-0.25, -0.2) is 5.48 Å². The zero-order chi connectivity index (χ0) is 18.3. The lowest BCUT2D eigenvalue weighted by molar-refractivity contribution is -0.138. The minimum atomic E-state index is -0.373. The predicted molar refractivity (Wildman–Crippen MR) is 104 cm³/mol. The van der Waals surface area contributed by atoms with Crippen molar-refractivity contribution in [2.45, 2.75) is 84.5 Å². The molecular formula is C21H35NO3. The van der Waals surface area contributed by atoms with Gasteiger partial charge in [0, 0.05) is 6.92 Å². The Morgan fingerprint density at radius 2 is 1.56 bits per heavy atom. The molecule has 4 heteroatoms. The summed E-state index contributed by atoms with van der Waals surface area (Å²) in [7, 11) is 1.61. The third-order valence-electron chi connectivity index (χ3n) is 4.39. The van der Waals surface area contributed by atoms with Crippen molar-refractivity contribution >= 4 is 11.7 Å². The number of benzene rings is 1. The molecule has 0 spiro atoms. The number of anilines is 1. The minimum absolute atomic E-state index is 0.373. The van der Waals surface area contributed by atoms with Crippen molar-refractivity contribution in [2.75, 3.05) is 12.6 Å². The first-order chi connectivity index (χ1) is 12.2. The number of ether oxygens (including phenoxy) is 1. The van der Waals surface area contributed by atoms with E-state index in [1.54, 1.807) is 7.11 Å². The average molecular weight is 350 g/mol. The Labute approximate surface area is 153 Å². The van der Waals surface area contributed by atoms with Gasteiger partial charge in [0.05, 0.1) is 7.11 Å². The van der Waals surface area contributed by atoms with Crippen LogP contribution in [0, 0.1) is 0 Å². The third kappa shape index (κ3) is 10.0. The zero-order valence-electron chi connectivity index (χ0n) is 16.2. The summed E-state index contributed by atoms with van der Waals surface area (Å²) in [6.45, 7) is 3.63. The highest BCUT2D eigenvalue weighted by Crippen LogP contribution is 2.26. The average Bonchev–Trinajstić information content (AvgIpc) is 2.61. The fourth-order valence-electron chi connectivity index (χ4n) is 2.93. The maximum atomic E-state index is 10.9. The Bertz CT molecular complexity index is 488. The van der Waals surface area contributed by atoms with Crippen LogP contribution in [0.5, 0.6) is 5.75 Å². The van der Waals surface area contributed by atoms with Gasteiger partial charge >= 0.3 is 5.97 Å². The van der Waals surface area contributed by atoms with Crippen LogP contribution < -0.4 is 10.2 Å². The highest BCUT2D eigenvalue weighted by Gasteiger charge is 2.06. The number of aryl methyl sites for hydroxylation is 1. The summed E-state index contributed by atoms with van der Waals surface area (Å²) in [6, 6.07) is 5.98. The molecule has 25 heavy (non-hydrogen) atoms. The maximum absolute atomic E-state index is 10.9. The fraction of sp³-hybridized carbons (Fsp3) is 0.667. The summed E-state index contributed by atoms with van der Waals surface area (Å²) in [6.07, 6.45) is 14.5. The Balaban J connectivity index is 2.21. The molecule has 0 aliphatic rings. The van der Waals surface area contributed by atoms with Gasteiger partial charge in [-0.15, -0.1) is 0 Å². The quantitative estimate of drug-likeness (QED) is 0.328. The SMILES string of the molecule is CCCCCCCCCCCCc1ccc(OC)c(NOC(C)=O)c1. The van der Waals surface area contributed by atoms with Crippen LogP contribution in [0.4, 0.5) is 5.69 Å². The molecule has 0 amide bonds. The van der Waals surface area contributed by atoms with Crippen LogP contribution in [0.25, 0.3) is 0 Å². The number of unbranched alkanes of at least 4 members (excludes halogenated alkanes) is 9. The molecule has 0 unspecified atom stereocenters. The van der Waals surface area contributed by atoms with E-state index in [0.717, 1.165) is 6.42 Å². The van der Waals surface area contributed by atoms with Gasteiger partial charge in [0.15, 0.2) is 0 Å². The van der Waals surface area contributed by atoms with Crippen LogP contribution in [0.1, 0.15) is 83.6 Å². The van der Waals surface area contributed by atoms with Gasteiger partial charge in [-0.1, -0.05) is 70.8 Å². The van der Waals surface area contributed by atoms with Gasteiger partial charge in [0.2, 0.25) is 0 Å². The lowest BCUT2D eigenvalue weighted by Gasteiger charge is -2.12. The first-order valence-corrected chi connectivity index (χ1v) is 9.77. The van der Waals surface area contributed by atoms with E-state index in [4.69, 9.17) is 9.57 Å². The third-order valence-corrected chi connectivity index (χ3v) is 4.39. The van der Waals surface area contributed by atoms with Crippen LogP contribution in [0.2, 0.25) is 0 Å². The summed E-state index contributed by atoms with van der Waals surface area (Å²) >= 11 is 0. The molecule has 4 nitrogen and oxygen atoms in total. The number of carbonyl (C=O) groups excluding carboxylic acids is 1. The smallest absolute Gasteiger partial charge is 0.329 e. The molecule has 0 radical (unpaired) electrons. The topological polar surface area (TPSA) is 47.6 Å². The maximum Gasteiger partial charge on any atom is 0.329 e. The number of hydrogen-bond acceptors (Lipinski definition) is 4. The first kappa shape index (κ1) is 21.3. The largest absolute Gasteiger partial charge is 0.494 e. The first-order valence-electron chi connectivity index (χ1n) is 9.77. The molecule has 0 saturated heterocycles. The van der Waals surface area contributed by atoms with E-state index in [1.807, 2.05) is 12.1 Å². The second-order valence-electron chi connectivity index (χ2n) is 6.66. The van der Waals surface area contributed by atoms with Crippen LogP contribution in [0.15, 0.2) is 18.2 Å². The Hall–Kier alpha value is -1.71. The molecule has 0 atom stereocenters. The molecule has 0 bridgehead atoms. The number of nitrogens with one attached hydrogen (secondary N) is 1. The molecule has 0 aliphatic carbocycles. The summed E-state index contributed by atoms with van der Waals surface area (Å²) in [5.41, 5.74) is 4.60. The van der Waals surface area contributed by atoms with Crippen LogP contribution in [0.3, 0.4) is 0 Å². The molecule has 0 aliphatic heterocycles. The zero-order valence-corrected chi connectivity index (χ0v) is 16.2. The molecule has 0 aromatic heterocycles. The normalized spacial score (nSPS) is 10.5. The fourth-order valence-corrected chi connectivity index (χ4v) is 2.93. The van der Waals surface area contributed by atoms with Crippen LogP contribution in [-0.4, -0.2) is 13.1 Å². The Morgan fingerprint density at radius 3 is 2.12 bits per heavy atom. The molecule has 142 valence electrons. The molecular weight excluding hydrogens is 314 g/mol. The van der Waals surface area contributed by atoms with Crippen molar-refractivity contribution < 1.29 is 14.4 Å². The molecule has 1 aromatic carbocycles. The van der Waals surface area contributed by atoms with E-state index in [2.05, 4.69) is 18.5 Å². The van der Waals surface area contributed by atoms with Gasteiger partial charge < -0.3 is 9.57 Å². The standard InChI is InChI=1S/C21H35NO3/c1-4-5-6-7-8-9-10-11-12-13-14-19-15-16-21(24-3)20(17-19)22-25-18(2)23/h15-17,22H,4-14H2,1-3H3. The van der Waals surface area contributed by atoms with Crippen molar-refractivity contribution in [3.8, 4) is 5.75 Å².